The fourth-order valence-corrected chi connectivity index (χ4v) is 1.49. The van der Waals surface area contributed by atoms with Gasteiger partial charge in [0.15, 0.2) is 0 Å². The second-order valence-electron chi connectivity index (χ2n) is 3.40. The smallest absolute Gasteiger partial charge is 0.0639 e. The van der Waals surface area contributed by atoms with Gasteiger partial charge in [0.25, 0.3) is 0 Å². The van der Waals surface area contributed by atoms with Crippen molar-refractivity contribution in [2.24, 2.45) is 0 Å². The summed E-state index contributed by atoms with van der Waals surface area (Å²) in [6.07, 6.45) is -0.199. The molecule has 1 saturated heterocycles. The van der Waals surface area contributed by atoms with Gasteiger partial charge in [-0.15, -0.1) is 0 Å². The molecule has 1 aliphatic heterocycles. The van der Waals surface area contributed by atoms with Crippen LogP contribution in [0.1, 0.15) is 13.8 Å². The average molecular weight is 158 g/mol. The highest BCUT2D eigenvalue weighted by atomic mass is 16.3. The second-order valence-corrected chi connectivity index (χ2v) is 3.40. The molecule has 66 valence electrons. The molecule has 3 nitrogen and oxygen atoms in total. The van der Waals surface area contributed by atoms with E-state index in [-0.39, 0.29) is 6.10 Å². The van der Waals surface area contributed by atoms with Crippen LogP contribution in [0.25, 0.3) is 0 Å². The largest absolute Gasteiger partial charge is 0.392 e. The Kier molecular flexibility index (Phi) is 3.30. The van der Waals surface area contributed by atoms with Crippen molar-refractivity contribution in [3.8, 4) is 0 Å². The molecule has 1 fully saturated rings. The number of nitrogens with one attached hydrogen (secondary N) is 1. The predicted octanol–water partition coefficient (Wildman–Crippen LogP) is -0.339. The molecule has 1 heterocycles. The first-order valence-electron chi connectivity index (χ1n) is 4.33. The number of nitrogens with zero attached hydrogens (tertiary/aromatic N) is 1. The molecule has 0 amide bonds. The molecule has 0 aliphatic carbocycles. The number of aliphatic hydroxyl groups excluding tert-OH is 1. The minimum absolute atomic E-state index is 0.199. The van der Waals surface area contributed by atoms with Crippen molar-refractivity contribution < 1.29 is 5.11 Å². The lowest BCUT2D eigenvalue weighted by molar-refractivity contribution is 0.0897. The Morgan fingerprint density at radius 1 is 1.73 bits per heavy atom. The molecule has 2 atom stereocenters. The second kappa shape index (κ2) is 4.04. The number of rotatable bonds is 2. The summed E-state index contributed by atoms with van der Waals surface area (Å²) in [6, 6.07) is 0.568. The van der Waals surface area contributed by atoms with E-state index in [0.29, 0.717) is 6.04 Å². The Balaban J connectivity index is 2.29. The van der Waals surface area contributed by atoms with E-state index in [1.807, 2.05) is 6.92 Å². The van der Waals surface area contributed by atoms with Crippen LogP contribution in [-0.2, 0) is 0 Å². The van der Waals surface area contributed by atoms with E-state index in [0.717, 1.165) is 26.2 Å². The van der Waals surface area contributed by atoms with Crippen LogP contribution in [0.4, 0.5) is 0 Å². The van der Waals surface area contributed by atoms with Gasteiger partial charge in [0.05, 0.1) is 6.10 Å². The monoisotopic (exact) mass is 158 g/mol. The number of β-amino-alcohol motifs (C(OH)–C–C–N with tert-alkyl or cyclic N) is 1. The molecule has 0 radical (unpaired) electrons. The quantitative estimate of drug-likeness (QED) is 0.577. The van der Waals surface area contributed by atoms with E-state index in [1.54, 1.807) is 0 Å². The van der Waals surface area contributed by atoms with E-state index in [9.17, 15) is 0 Å². The molecule has 0 aromatic heterocycles. The molecule has 11 heavy (non-hydrogen) atoms. The summed E-state index contributed by atoms with van der Waals surface area (Å²) < 4.78 is 0. The van der Waals surface area contributed by atoms with Crippen LogP contribution < -0.4 is 5.32 Å². The van der Waals surface area contributed by atoms with Crippen molar-refractivity contribution in [3.63, 3.8) is 0 Å². The van der Waals surface area contributed by atoms with Gasteiger partial charge in [0, 0.05) is 32.2 Å². The summed E-state index contributed by atoms with van der Waals surface area (Å²) in [5, 5.41) is 12.5. The van der Waals surface area contributed by atoms with Crippen LogP contribution in [-0.4, -0.2) is 48.3 Å². The summed E-state index contributed by atoms with van der Waals surface area (Å²) in [5.74, 6) is 0. The van der Waals surface area contributed by atoms with Gasteiger partial charge in [-0.05, 0) is 13.8 Å². The van der Waals surface area contributed by atoms with Gasteiger partial charge in [-0.2, -0.15) is 0 Å². The highest BCUT2D eigenvalue weighted by Gasteiger charge is 2.18. The van der Waals surface area contributed by atoms with Gasteiger partial charge in [0.2, 0.25) is 0 Å². The molecule has 1 aliphatic rings. The first-order valence-corrected chi connectivity index (χ1v) is 4.33. The molecule has 0 unspecified atom stereocenters. The van der Waals surface area contributed by atoms with Gasteiger partial charge in [0.1, 0.15) is 0 Å². The standard InChI is InChI=1S/C8H18N2O/c1-7-5-9-3-4-10(7)6-8(2)11/h7-9,11H,3-6H2,1-2H3/t7-,8-/m1/s1. The first-order chi connectivity index (χ1) is 5.20. The SMILES string of the molecule is C[C@@H]1CNCCN1C[C@@H](C)O. The zero-order valence-electron chi connectivity index (χ0n) is 7.38. The summed E-state index contributed by atoms with van der Waals surface area (Å²) in [4.78, 5) is 2.32. The molecule has 2 N–H and O–H groups in total. The lowest BCUT2D eigenvalue weighted by atomic mass is 10.2. The molecular weight excluding hydrogens is 140 g/mol. The van der Waals surface area contributed by atoms with Crippen LogP contribution >= 0.6 is 0 Å². The van der Waals surface area contributed by atoms with E-state index < -0.39 is 0 Å². The maximum atomic E-state index is 9.16. The Bertz CT molecular complexity index is 117. The van der Waals surface area contributed by atoms with Gasteiger partial charge >= 0.3 is 0 Å². The molecule has 0 aromatic carbocycles. The molecular formula is C8H18N2O. The lowest BCUT2D eigenvalue weighted by Crippen LogP contribution is -2.51. The Morgan fingerprint density at radius 3 is 3.00 bits per heavy atom. The molecule has 1 rings (SSSR count). The van der Waals surface area contributed by atoms with Crippen molar-refractivity contribution >= 4 is 0 Å². The predicted molar refractivity (Wildman–Crippen MR) is 45.6 cm³/mol. The van der Waals surface area contributed by atoms with Gasteiger partial charge < -0.3 is 10.4 Å². The minimum Gasteiger partial charge on any atom is -0.392 e. The summed E-state index contributed by atoms with van der Waals surface area (Å²) in [6.45, 7) is 8.00. The van der Waals surface area contributed by atoms with Crippen molar-refractivity contribution in [2.75, 3.05) is 26.2 Å². The minimum atomic E-state index is -0.199. The van der Waals surface area contributed by atoms with E-state index in [2.05, 4.69) is 17.1 Å². The lowest BCUT2D eigenvalue weighted by Gasteiger charge is -2.34. The molecule has 3 heteroatoms. The van der Waals surface area contributed by atoms with Gasteiger partial charge in [-0.25, -0.2) is 0 Å². The van der Waals surface area contributed by atoms with Crippen LogP contribution in [0.15, 0.2) is 0 Å². The zero-order valence-corrected chi connectivity index (χ0v) is 7.38. The van der Waals surface area contributed by atoms with Crippen molar-refractivity contribution in [1.82, 2.24) is 10.2 Å². The molecule has 0 bridgehead atoms. The topological polar surface area (TPSA) is 35.5 Å². The fourth-order valence-electron chi connectivity index (χ4n) is 1.49. The third-order valence-electron chi connectivity index (χ3n) is 2.14. The average Bonchev–Trinajstić information content (AvgIpc) is 1.93. The Morgan fingerprint density at radius 2 is 2.45 bits per heavy atom. The van der Waals surface area contributed by atoms with Gasteiger partial charge in [-0.1, -0.05) is 0 Å². The first kappa shape index (κ1) is 8.97. The van der Waals surface area contributed by atoms with Crippen LogP contribution in [0.5, 0.6) is 0 Å². The van der Waals surface area contributed by atoms with E-state index in [1.165, 1.54) is 0 Å². The van der Waals surface area contributed by atoms with Crippen LogP contribution in [0, 0.1) is 0 Å². The Hall–Kier alpha value is -0.120. The third kappa shape index (κ3) is 2.77. The maximum Gasteiger partial charge on any atom is 0.0639 e. The molecule has 0 spiro atoms. The Labute approximate surface area is 68.4 Å². The number of hydrogen-bond donors (Lipinski definition) is 2. The highest BCUT2D eigenvalue weighted by Crippen LogP contribution is 2.02. The fraction of sp³-hybridized carbons (Fsp3) is 1.00. The van der Waals surface area contributed by atoms with Gasteiger partial charge in [-0.3, -0.25) is 4.90 Å². The molecule has 0 aromatic rings. The van der Waals surface area contributed by atoms with E-state index in [4.69, 9.17) is 5.11 Å². The molecule has 0 saturated carbocycles. The summed E-state index contributed by atoms with van der Waals surface area (Å²) in [5.41, 5.74) is 0. The number of hydrogen-bond acceptors (Lipinski definition) is 3. The van der Waals surface area contributed by atoms with Crippen molar-refractivity contribution in [1.29, 1.82) is 0 Å². The number of aliphatic hydroxyl groups is 1. The maximum absolute atomic E-state index is 9.16. The van der Waals surface area contributed by atoms with Crippen LogP contribution in [0.2, 0.25) is 0 Å². The van der Waals surface area contributed by atoms with Crippen molar-refractivity contribution in [3.05, 3.63) is 0 Å². The van der Waals surface area contributed by atoms with Crippen LogP contribution in [0.3, 0.4) is 0 Å². The number of piperazine rings is 1. The highest BCUT2D eigenvalue weighted by molar-refractivity contribution is 4.76. The summed E-state index contributed by atoms with van der Waals surface area (Å²) >= 11 is 0. The zero-order chi connectivity index (χ0) is 8.27. The van der Waals surface area contributed by atoms with E-state index >= 15 is 0 Å². The third-order valence-corrected chi connectivity index (χ3v) is 2.14. The van der Waals surface area contributed by atoms with Crippen molar-refractivity contribution in [2.45, 2.75) is 26.0 Å². The summed E-state index contributed by atoms with van der Waals surface area (Å²) in [7, 11) is 0. The normalized spacial score (nSPS) is 30.3.